The van der Waals surface area contributed by atoms with Gasteiger partial charge in [0, 0.05) is 34.6 Å². The van der Waals surface area contributed by atoms with E-state index in [2.05, 4.69) is 4.98 Å². The van der Waals surface area contributed by atoms with Gasteiger partial charge < -0.3 is 24.2 Å². The molecule has 0 amide bonds. The largest absolute Gasteiger partial charge is 0.481 e. The number of benzene rings is 2. The molecule has 2 atom stereocenters. The molecule has 2 aromatic heterocycles. The van der Waals surface area contributed by atoms with E-state index < -0.39 is 17.3 Å². The normalized spacial score (nSPS) is 13.7. The Kier molecular flexibility index (Phi) is 9.68. The van der Waals surface area contributed by atoms with E-state index in [4.69, 9.17) is 30.8 Å². The number of ether oxygens (including phenoxy) is 3. The standard InChI is InChI=1S/C32H37ClFN3O4/c1-7-40-27-18-22(19-28(36-27)41-8-2)32(38,14-15-37(4)5)29(24-11-9-10-20(3)30(24)34)25-17-21-16-23(33)12-13-26(21)35-31(25)39-6/h9-13,16-19,29,38H,7-8,14-15H2,1-6H3. The molecule has 0 fully saturated rings. The van der Waals surface area contributed by atoms with Crippen LogP contribution in [0.5, 0.6) is 17.6 Å². The number of rotatable bonds is 12. The van der Waals surface area contributed by atoms with E-state index in [1.165, 1.54) is 7.11 Å². The summed E-state index contributed by atoms with van der Waals surface area (Å²) in [6.45, 7) is 6.65. The first-order chi connectivity index (χ1) is 19.6. The molecule has 0 aliphatic carbocycles. The molecule has 218 valence electrons. The van der Waals surface area contributed by atoms with E-state index in [9.17, 15) is 5.11 Å². The molecule has 0 bridgehead atoms. The first-order valence-corrected chi connectivity index (χ1v) is 14.0. The minimum absolute atomic E-state index is 0.232. The van der Waals surface area contributed by atoms with Crippen LogP contribution in [0.3, 0.4) is 0 Å². The first kappa shape index (κ1) is 30.5. The molecule has 4 aromatic rings. The van der Waals surface area contributed by atoms with E-state index in [1.807, 2.05) is 38.9 Å². The van der Waals surface area contributed by atoms with Crippen LogP contribution in [0, 0.1) is 12.7 Å². The predicted molar refractivity (Wildman–Crippen MR) is 160 cm³/mol. The molecule has 0 aliphatic rings. The van der Waals surface area contributed by atoms with Crippen LogP contribution < -0.4 is 14.2 Å². The van der Waals surface area contributed by atoms with E-state index >= 15 is 4.39 Å². The van der Waals surface area contributed by atoms with Crippen LogP contribution in [-0.4, -0.2) is 60.9 Å². The third kappa shape index (κ3) is 6.56. The lowest BCUT2D eigenvalue weighted by Gasteiger charge is -2.39. The van der Waals surface area contributed by atoms with Crippen molar-refractivity contribution in [3.8, 4) is 17.6 Å². The highest BCUT2D eigenvalue weighted by atomic mass is 35.5. The number of aryl methyl sites for hydroxylation is 1. The maximum Gasteiger partial charge on any atom is 0.217 e. The molecule has 2 aromatic carbocycles. The molecule has 7 nitrogen and oxygen atoms in total. The molecule has 2 heterocycles. The summed E-state index contributed by atoms with van der Waals surface area (Å²) in [5.41, 5.74) is 0.733. The number of nitrogens with zero attached hydrogens (tertiary/aromatic N) is 3. The molecule has 0 saturated carbocycles. The average Bonchev–Trinajstić information content (AvgIpc) is 2.94. The second-order valence-corrected chi connectivity index (χ2v) is 10.6. The van der Waals surface area contributed by atoms with Crippen molar-refractivity contribution < 1.29 is 23.7 Å². The second kappa shape index (κ2) is 13.0. The molecule has 0 radical (unpaired) electrons. The van der Waals surface area contributed by atoms with Crippen LogP contribution in [0.25, 0.3) is 10.9 Å². The van der Waals surface area contributed by atoms with Crippen molar-refractivity contribution in [2.45, 2.75) is 38.7 Å². The van der Waals surface area contributed by atoms with E-state index in [1.54, 1.807) is 55.5 Å². The van der Waals surface area contributed by atoms with Crippen LogP contribution in [0.2, 0.25) is 5.02 Å². The van der Waals surface area contributed by atoms with Crippen molar-refractivity contribution in [2.24, 2.45) is 0 Å². The maximum atomic E-state index is 16.1. The quantitative estimate of drug-likeness (QED) is 0.204. The zero-order chi connectivity index (χ0) is 29.7. The fourth-order valence-electron chi connectivity index (χ4n) is 5.12. The number of hydrogen-bond acceptors (Lipinski definition) is 7. The number of aromatic nitrogens is 2. The summed E-state index contributed by atoms with van der Waals surface area (Å²) in [6.07, 6.45) is 0.232. The van der Waals surface area contributed by atoms with Gasteiger partial charge in [-0.1, -0.05) is 29.8 Å². The topological polar surface area (TPSA) is 76.9 Å². The Morgan fingerprint density at radius 3 is 2.27 bits per heavy atom. The van der Waals surface area contributed by atoms with Gasteiger partial charge >= 0.3 is 0 Å². The summed E-state index contributed by atoms with van der Waals surface area (Å²) in [5.74, 6) is -0.484. The smallest absolute Gasteiger partial charge is 0.217 e. The van der Waals surface area contributed by atoms with Gasteiger partial charge in [0.05, 0.1) is 31.8 Å². The fraction of sp³-hybridized carbons (Fsp3) is 0.375. The van der Waals surface area contributed by atoms with Gasteiger partial charge in [0.1, 0.15) is 11.4 Å². The molecule has 9 heteroatoms. The number of halogens is 2. The Labute approximate surface area is 245 Å². The third-order valence-electron chi connectivity index (χ3n) is 7.09. The van der Waals surface area contributed by atoms with Crippen LogP contribution in [-0.2, 0) is 5.60 Å². The summed E-state index contributed by atoms with van der Waals surface area (Å²) < 4.78 is 33.4. The highest BCUT2D eigenvalue weighted by Crippen LogP contribution is 2.49. The molecule has 1 N–H and O–H groups in total. The highest BCUT2D eigenvalue weighted by Gasteiger charge is 2.44. The molecule has 0 aliphatic heterocycles. The number of pyridine rings is 2. The summed E-state index contributed by atoms with van der Waals surface area (Å²) in [6, 6.07) is 15.8. The number of fused-ring (bicyclic) bond motifs is 1. The van der Waals surface area contributed by atoms with Gasteiger partial charge in [-0.25, -0.2) is 9.37 Å². The summed E-state index contributed by atoms with van der Waals surface area (Å²) >= 11 is 6.34. The maximum absolute atomic E-state index is 16.1. The van der Waals surface area contributed by atoms with Gasteiger partial charge in [0.25, 0.3) is 0 Å². The first-order valence-electron chi connectivity index (χ1n) is 13.7. The lowest BCUT2D eigenvalue weighted by atomic mass is 9.71. The van der Waals surface area contributed by atoms with Crippen LogP contribution in [0.15, 0.2) is 54.6 Å². The van der Waals surface area contributed by atoms with Gasteiger partial charge in [-0.15, -0.1) is 0 Å². The Hall–Kier alpha value is -3.46. The van der Waals surface area contributed by atoms with Crippen LogP contribution >= 0.6 is 11.6 Å². The Balaban J connectivity index is 2.10. The molecule has 0 saturated heterocycles. The molecular weight excluding hydrogens is 545 g/mol. The van der Waals surface area contributed by atoms with Crippen molar-refractivity contribution in [1.29, 1.82) is 0 Å². The molecule has 2 unspecified atom stereocenters. The number of aliphatic hydroxyl groups is 1. The monoisotopic (exact) mass is 581 g/mol. The zero-order valence-electron chi connectivity index (χ0n) is 24.4. The predicted octanol–water partition coefficient (Wildman–Crippen LogP) is 6.51. The van der Waals surface area contributed by atoms with Gasteiger partial charge in [0.15, 0.2) is 0 Å². The lowest BCUT2D eigenvalue weighted by Crippen LogP contribution is -2.38. The van der Waals surface area contributed by atoms with E-state index in [0.717, 1.165) is 5.39 Å². The summed E-state index contributed by atoms with van der Waals surface area (Å²) in [4.78, 5) is 11.2. The average molecular weight is 582 g/mol. The Bertz CT molecular complexity index is 1490. The van der Waals surface area contributed by atoms with Crippen molar-refractivity contribution in [3.05, 3.63) is 87.7 Å². The molecule has 41 heavy (non-hydrogen) atoms. The second-order valence-electron chi connectivity index (χ2n) is 10.2. The van der Waals surface area contributed by atoms with E-state index in [-0.39, 0.29) is 12.3 Å². The van der Waals surface area contributed by atoms with Gasteiger partial charge in [-0.05, 0) is 82.2 Å². The Morgan fingerprint density at radius 1 is 0.976 bits per heavy atom. The summed E-state index contributed by atoms with van der Waals surface area (Å²) in [7, 11) is 5.36. The van der Waals surface area contributed by atoms with Gasteiger partial charge in [-0.3, -0.25) is 0 Å². The minimum Gasteiger partial charge on any atom is -0.481 e. The highest BCUT2D eigenvalue weighted by molar-refractivity contribution is 6.31. The molecule has 4 rings (SSSR count). The molecular formula is C32H37ClFN3O4. The van der Waals surface area contributed by atoms with Gasteiger partial charge in [0.2, 0.25) is 17.6 Å². The van der Waals surface area contributed by atoms with Crippen LogP contribution in [0.4, 0.5) is 4.39 Å². The number of hydrogen-bond donors (Lipinski definition) is 1. The number of methoxy groups -OCH3 is 1. The fourth-order valence-corrected chi connectivity index (χ4v) is 5.30. The third-order valence-corrected chi connectivity index (χ3v) is 7.32. The van der Waals surface area contributed by atoms with Crippen molar-refractivity contribution >= 4 is 22.5 Å². The van der Waals surface area contributed by atoms with Crippen molar-refractivity contribution in [2.75, 3.05) is 41.0 Å². The lowest BCUT2D eigenvalue weighted by molar-refractivity contribution is 0.00230. The summed E-state index contributed by atoms with van der Waals surface area (Å²) in [5, 5.41) is 14.3. The van der Waals surface area contributed by atoms with Crippen LogP contribution in [0.1, 0.15) is 48.4 Å². The van der Waals surface area contributed by atoms with Gasteiger partial charge in [-0.2, -0.15) is 4.98 Å². The van der Waals surface area contributed by atoms with Crippen molar-refractivity contribution in [3.63, 3.8) is 0 Å². The molecule has 0 spiro atoms. The SMILES string of the molecule is CCOc1cc(C(O)(CCN(C)C)C(c2cc3cc(Cl)ccc3nc2OC)c2cccc(C)c2F)cc(OCC)n1. The van der Waals surface area contributed by atoms with E-state index in [0.29, 0.717) is 64.3 Å². The van der Waals surface area contributed by atoms with Crippen molar-refractivity contribution in [1.82, 2.24) is 14.9 Å². The Morgan fingerprint density at radius 2 is 1.66 bits per heavy atom. The minimum atomic E-state index is -1.68. The zero-order valence-corrected chi connectivity index (χ0v) is 25.1.